The first kappa shape index (κ1) is 12.1. The third kappa shape index (κ3) is 2.19. The molecule has 2 rings (SSSR count). The van der Waals surface area contributed by atoms with Crippen molar-refractivity contribution in [2.45, 2.75) is 6.92 Å². The van der Waals surface area contributed by atoms with Gasteiger partial charge < -0.3 is 4.74 Å². The van der Waals surface area contributed by atoms with Gasteiger partial charge in [0.15, 0.2) is 0 Å². The van der Waals surface area contributed by atoms with E-state index in [0.29, 0.717) is 16.5 Å². The van der Waals surface area contributed by atoms with Crippen LogP contribution in [0.4, 0.5) is 0 Å². The van der Waals surface area contributed by atoms with Gasteiger partial charge in [-0.05, 0) is 41.6 Å². The van der Waals surface area contributed by atoms with E-state index in [-0.39, 0.29) is 5.97 Å². The molecule has 0 atom stereocenters. The average Bonchev–Trinajstić information content (AvgIpc) is 2.56. The zero-order chi connectivity index (χ0) is 11.7. The van der Waals surface area contributed by atoms with Crippen molar-refractivity contribution in [3.8, 4) is 0 Å². The van der Waals surface area contributed by atoms with Crippen molar-refractivity contribution in [2.24, 2.45) is 0 Å². The Kier molecular flexibility index (Phi) is 3.71. The summed E-state index contributed by atoms with van der Waals surface area (Å²) in [6.45, 7) is 2.19. The van der Waals surface area contributed by atoms with Crippen molar-refractivity contribution >= 4 is 61.6 Å². The van der Waals surface area contributed by atoms with Crippen LogP contribution in [0, 0.1) is 3.57 Å². The highest BCUT2D eigenvalue weighted by atomic mass is 127. The van der Waals surface area contributed by atoms with Crippen LogP contribution in [0.15, 0.2) is 18.2 Å². The molecular formula is C11H8ClIO2S. The first-order valence-corrected chi connectivity index (χ1v) is 6.95. The van der Waals surface area contributed by atoms with E-state index in [4.69, 9.17) is 16.3 Å². The molecule has 0 radical (unpaired) electrons. The fraction of sp³-hybridized carbons (Fsp3) is 0.182. The highest BCUT2D eigenvalue weighted by molar-refractivity contribution is 14.1. The molecule has 0 bridgehead atoms. The molecule has 1 heterocycles. The Bertz CT molecular complexity index is 550. The maximum atomic E-state index is 11.7. The Balaban J connectivity index is 2.55. The maximum Gasteiger partial charge on any atom is 0.349 e. The lowest BCUT2D eigenvalue weighted by molar-refractivity contribution is 0.0531. The molecule has 0 spiro atoms. The highest BCUT2D eigenvalue weighted by Gasteiger charge is 2.17. The van der Waals surface area contributed by atoms with Gasteiger partial charge in [-0.2, -0.15) is 0 Å². The predicted octanol–water partition coefficient (Wildman–Crippen LogP) is 4.34. The fourth-order valence-electron chi connectivity index (χ4n) is 1.37. The van der Waals surface area contributed by atoms with E-state index in [2.05, 4.69) is 22.6 Å². The third-order valence-corrected chi connectivity index (χ3v) is 4.91. The van der Waals surface area contributed by atoms with E-state index in [1.54, 1.807) is 6.92 Å². The minimum Gasteiger partial charge on any atom is -0.462 e. The van der Waals surface area contributed by atoms with Gasteiger partial charge in [-0.25, -0.2) is 4.79 Å². The van der Waals surface area contributed by atoms with Gasteiger partial charge in [0.1, 0.15) is 4.88 Å². The molecule has 0 saturated heterocycles. The summed E-state index contributed by atoms with van der Waals surface area (Å²) < 4.78 is 6.95. The van der Waals surface area contributed by atoms with Crippen molar-refractivity contribution in [2.75, 3.05) is 6.61 Å². The molecule has 0 saturated carbocycles. The highest BCUT2D eigenvalue weighted by Crippen LogP contribution is 2.34. The number of ether oxygens (including phenoxy) is 1. The molecule has 2 aromatic rings. The topological polar surface area (TPSA) is 26.3 Å². The van der Waals surface area contributed by atoms with Crippen LogP contribution >= 0.6 is 45.5 Å². The number of hydrogen-bond donors (Lipinski definition) is 0. The van der Waals surface area contributed by atoms with Crippen molar-refractivity contribution in [3.63, 3.8) is 0 Å². The van der Waals surface area contributed by atoms with Gasteiger partial charge >= 0.3 is 5.97 Å². The van der Waals surface area contributed by atoms with Gasteiger partial charge in [0, 0.05) is 18.7 Å². The summed E-state index contributed by atoms with van der Waals surface area (Å²) in [5, 5.41) is 1.73. The fourth-order valence-corrected chi connectivity index (χ4v) is 3.84. The smallest absolute Gasteiger partial charge is 0.349 e. The van der Waals surface area contributed by atoms with Crippen LogP contribution in [0.5, 0.6) is 0 Å². The van der Waals surface area contributed by atoms with Crippen LogP contribution in [-0.2, 0) is 4.74 Å². The number of carbonyl (C=O) groups is 1. The Morgan fingerprint density at radius 2 is 2.31 bits per heavy atom. The predicted molar refractivity (Wildman–Crippen MR) is 75.5 cm³/mol. The van der Waals surface area contributed by atoms with Crippen LogP contribution in [0.3, 0.4) is 0 Å². The molecule has 5 heteroatoms. The number of fused-ring (bicyclic) bond motifs is 1. The Labute approximate surface area is 116 Å². The largest absolute Gasteiger partial charge is 0.462 e. The molecular weight excluding hydrogens is 359 g/mol. The molecule has 0 unspecified atom stereocenters. The summed E-state index contributed by atoms with van der Waals surface area (Å²) in [5.41, 5.74) is 0. The third-order valence-electron chi connectivity index (χ3n) is 2.05. The molecule has 0 N–H and O–H groups in total. The summed E-state index contributed by atoms with van der Waals surface area (Å²) in [7, 11) is 0. The molecule has 1 aromatic carbocycles. The average molecular weight is 367 g/mol. The molecule has 84 valence electrons. The first-order valence-electron chi connectivity index (χ1n) is 4.68. The van der Waals surface area contributed by atoms with E-state index in [1.165, 1.54) is 11.3 Å². The second kappa shape index (κ2) is 4.89. The maximum absolute atomic E-state index is 11.7. The number of thiophene rings is 1. The lowest BCUT2D eigenvalue weighted by Crippen LogP contribution is -2.03. The molecule has 16 heavy (non-hydrogen) atoms. The molecule has 2 nitrogen and oxygen atoms in total. The SMILES string of the molecule is CCOC(=O)c1sc2cc(Cl)ccc2c1I. The zero-order valence-electron chi connectivity index (χ0n) is 8.42. The molecule has 0 aliphatic carbocycles. The van der Waals surface area contributed by atoms with Crippen LogP contribution in [0.1, 0.15) is 16.6 Å². The Hall–Kier alpha value is -0.330. The summed E-state index contributed by atoms with van der Waals surface area (Å²) in [6, 6.07) is 5.62. The Morgan fingerprint density at radius 3 is 3.00 bits per heavy atom. The van der Waals surface area contributed by atoms with Crippen LogP contribution in [0.25, 0.3) is 10.1 Å². The number of carbonyl (C=O) groups excluding carboxylic acids is 1. The zero-order valence-corrected chi connectivity index (χ0v) is 12.1. The minimum atomic E-state index is -0.260. The second-order valence-electron chi connectivity index (χ2n) is 3.11. The van der Waals surface area contributed by atoms with Crippen LogP contribution in [-0.4, -0.2) is 12.6 Å². The number of rotatable bonds is 2. The van der Waals surface area contributed by atoms with Gasteiger partial charge in [-0.15, -0.1) is 11.3 Å². The molecule has 1 aromatic heterocycles. The van der Waals surface area contributed by atoms with Gasteiger partial charge in [-0.3, -0.25) is 0 Å². The first-order chi connectivity index (χ1) is 7.63. The lowest BCUT2D eigenvalue weighted by Gasteiger charge is -1.98. The summed E-state index contributed by atoms with van der Waals surface area (Å²) in [6.07, 6.45) is 0. The Morgan fingerprint density at radius 1 is 1.56 bits per heavy atom. The van der Waals surface area contributed by atoms with Crippen molar-refractivity contribution in [1.29, 1.82) is 0 Å². The number of halogens is 2. The van der Waals surface area contributed by atoms with Gasteiger partial charge in [0.2, 0.25) is 0 Å². The quantitative estimate of drug-likeness (QED) is 0.584. The molecule has 0 amide bonds. The molecule has 0 aliphatic rings. The van der Waals surface area contributed by atoms with Crippen molar-refractivity contribution in [1.82, 2.24) is 0 Å². The van der Waals surface area contributed by atoms with Gasteiger partial charge in [0.25, 0.3) is 0 Å². The number of benzene rings is 1. The van der Waals surface area contributed by atoms with Gasteiger partial charge in [0.05, 0.1) is 6.61 Å². The van der Waals surface area contributed by atoms with E-state index in [0.717, 1.165) is 13.7 Å². The lowest BCUT2D eigenvalue weighted by atomic mass is 10.2. The van der Waals surface area contributed by atoms with Crippen LogP contribution < -0.4 is 0 Å². The number of esters is 1. The standard InChI is InChI=1S/C11H8ClIO2S/c1-2-15-11(14)10-9(13)7-4-3-6(12)5-8(7)16-10/h3-5H,2H2,1H3. The second-order valence-corrected chi connectivity index (χ2v) is 5.67. The van der Waals surface area contributed by atoms with Crippen molar-refractivity contribution < 1.29 is 9.53 Å². The van der Waals surface area contributed by atoms with E-state index >= 15 is 0 Å². The molecule has 0 fully saturated rings. The molecule has 0 aliphatic heterocycles. The van der Waals surface area contributed by atoms with Crippen molar-refractivity contribution in [3.05, 3.63) is 31.7 Å². The summed E-state index contributed by atoms with van der Waals surface area (Å²) in [4.78, 5) is 12.3. The minimum absolute atomic E-state index is 0.260. The van der Waals surface area contributed by atoms with E-state index in [9.17, 15) is 4.79 Å². The number of hydrogen-bond acceptors (Lipinski definition) is 3. The summed E-state index contributed by atoms with van der Waals surface area (Å²) in [5.74, 6) is -0.260. The monoisotopic (exact) mass is 366 g/mol. The van der Waals surface area contributed by atoms with Gasteiger partial charge in [-0.1, -0.05) is 17.7 Å². The van der Waals surface area contributed by atoms with E-state index in [1.807, 2.05) is 18.2 Å². The van der Waals surface area contributed by atoms with E-state index < -0.39 is 0 Å². The van der Waals surface area contributed by atoms with Crippen LogP contribution in [0.2, 0.25) is 5.02 Å². The normalized spacial score (nSPS) is 10.7. The summed E-state index contributed by atoms with van der Waals surface area (Å²) >= 11 is 9.50.